The van der Waals surface area contributed by atoms with E-state index in [1.165, 1.54) is 0 Å². The first-order chi connectivity index (χ1) is 10.0. The van der Waals surface area contributed by atoms with Gasteiger partial charge in [-0.15, -0.1) is 0 Å². The summed E-state index contributed by atoms with van der Waals surface area (Å²) in [5.74, 6) is -2.65. The molecule has 1 aromatic carbocycles. The molecule has 5 heteroatoms. The Morgan fingerprint density at radius 1 is 1.29 bits per heavy atom. The van der Waals surface area contributed by atoms with Gasteiger partial charge in [0.2, 0.25) is 5.91 Å². The number of carbonyl (C=O) groups excluding carboxylic acids is 1. The fourth-order valence-electron chi connectivity index (χ4n) is 2.52. The molecular formula is C16H16N2O3. The Labute approximate surface area is 122 Å². The highest BCUT2D eigenvalue weighted by Crippen LogP contribution is 2.28. The van der Waals surface area contributed by atoms with E-state index in [1.807, 2.05) is 6.08 Å². The number of aliphatic carboxylic acids is 1. The van der Waals surface area contributed by atoms with E-state index in [0.29, 0.717) is 24.1 Å². The van der Waals surface area contributed by atoms with E-state index in [4.69, 9.17) is 5.26 Å². The van der Waals surface area contributed by atoms with Gasteiger partial charge in [-0.2, -0.15) is 5.26 Å². The van der Waals surface area contributed by atoms with E-state index in [2.05, 4.69) is 11.4 Å². The Balaban J connectivity index is 2.22. The van der Waals surface area contributed by atoms with Crippen molar-refractivity contribution in [2.45, 2.75) is 19.8 Å². The van der Waals surface area contributed by atoms with Gasteiger partial charge in [-0.05, 0) is 31.4 Å². The van der Waals surface area contributed by atoms with Crippen LogP contribution in [0.5, 0.6) is 0 Å². The van der Waals surface area contributed by atoms with Crippen molar-refractivity contribution in [2.24, 2.45) is 11.8 Å². The lowest BCUT2D eigenvalue weighted by Gasteiger charge is -2.24. The monoisotopic (exact) mass is 284 g/mol. The molecule has 2 atom stereocenters. The van der Waals surface area contributed by atoms with Gasteiger partial charge in [0.05, 0.1) is 23.1 Å². The van der Waals surface area contributed by atoms with Gasteiger partial charge in [0, 0.05) is 0 Å². The van der Waals surface area contributed by atoms with Gasteiger partial charge in [0.15, 0.2) is 0 Å². The van der Waals surface area contributed by atoms with E-state index in [-0.39, 0.29) is 5.91 Å². The number of amides is 1. The number of nitrogens with zero attached hydrogens (tertiary/aromatic N) is 1. The number of nitriles is 1. The first kappa shape index (κ1) is 14.8. The Morgan fingerprint density at radius 2 is 1.95 bits per heavy atom. The third kappa shape index (κ3) is 3.11. The summed E-state index contributed by atoms with van der Waals surface area (Å²) in [6, 6.07) is 7.25. The fraction of sp³-hybridized carbons (Fsp3) is 0.312. The lowest BCUT2D eigenvalue weighted by Crippen LogP contribution is -2.34. The molecule has 2 rings (SSSR count). The second-order valence-electron chi connectivity index (χ2n) is 5.09. The van der Waals surface area contributed by atoms with Crippen LogP contribution in [0, 0.1) is 30.1 Å². The van der Waals surface area contributed by atoms with E-state index >= 15 is 0 Å². The molecule has 1 aliphatic rings. The second-order valence-corrected chi connectivity index (χ2v) is 5.09. The van der Waals surface area contributed by atoms with E-state index in [0.717, 1.165) is 5.56 Å². The number of hydrogen-bond acceptors (Lipinski definition) is 3. The van der Waals surface area contributed by atoms with Crippen LogP contribution in [0.4, 0.5) is 5.69 Å². The molecule has 0 heterocycles. The van der Waals surface area contributed by atoms with Crippen LogP contribution in [0.1, 0.15) is 24.0 Å². The first-order valence-corrected chi connectivity index (χ1v) is 6.73. The molecule has 0 aliphatic heterocycles. The van der Waals surface area contributed by atoms with Crippen molar-refractivity contribution in [1.82, 2.24) is 0 Å². The predicted octanol–water partition coefficient (Wildman–Crippen LogP) is 2.47. The zero-order valence-electron chi connectivity index (χ0n) is 11.7. The summed E-state index contributed by atoms with van der Waals surface area (Å²) in [6.07, 6.45) is 4.37. The van der Waals surface area contributed by atoms with Gasteiger partial charge in [-0.25, -0.2) is 0 Å². The third-order valence-electron chi connectivity index (χ3n) is 3.73. The van der Waals surface area contributed by atoms with Crippen molar-refractivity contribution in [1.29, 1.82) is 5.26 Å². The molecular weight excluding hydrogens is 268 g/mol. The average Bonchev–Trinajstić information content (AvgIpc) is 2.47. The summed E-state index contributed by atoms with van der Waals surface area (Å²) in [4.78, 5) is 23.6. The number of benzene rings is 1. The van der Waals surface area contributed by atoms with Crippen molar-refractivity contribution in [2.75, 3.05) is 5.32 Å². The predicted molar refractivity (Wildman–Crippen MR) is 77.5 cm³/mol. The largest absolute Gasteiger partial charge is 0.481 e. The molecule has 1 aliphatic carbocycles. The van der Waals surface area contributed by atoms with Crippen molar-refractivity contribution in [3.63, 3.8) is 0 Å². The van der Waals surface area contributed by atoms with Crippen molar-refractivity contribution in [3.8, 4) is 6.07 Å². The molecule has 0 fully saturated rings. The number of rotatable bonds is 3. The van der Waals surface area contributed by atoms with Gasteiger partial charge >= 0.3 is 5.97 Å². The molecule has 1 amide bonds. The van der Waals surface area contributed by atoms with Gasteiger partial charge in [-0.3, -0.25) is 9.59 Å². The van der Waals surface area contributed by atoms with E-state index < -0.39 is 17.8 Å². The van der Waals surface area contributed by atoms with E-state index in [9.17, 15) is 14.7 Å². The lowest BCUT2D eigenvalue weighted by atomic mass is 9.82. The minimum Gasteiger partial charge on any atom is -0.481 e. The van der Waals surface area contributed by atoms with Crippen LogP contribution < -0.4 is 5.32 Å². The van der Waals surface area contributed by atoms with Crippen LogP contribution >= 0.6 is 0 Å². The molecule has 0 radical (unpaired) electrons. The van der Waals surface area contributed by atoms with Crippen LogP contribution in [-0.2, 0) is 9.59 Å². The molecule has 0 aromatic heterocycles. The van der Waals surface area contributed by atoms with Crippen molar-refractivity contribution >= 4 is 17.6 Å². The Kier molecular flexibility index (Phi) is 4.39. The number of allylic oxidation sites excluding steroid dienone is 2. The van der Waals surface area contributed by atoms with Gasteiger partial charge in [0.25, 0.3) is 0 Å². The molecule has 5 nitrogen and oxygen atoms in total. The Morgan fingerprint density at radius 3 is 2.57 bits per heavy atom. The molecule has 2 unspecified atom stereocenters. The zero-order chi connectivity index (χ0) is 15.4. The summed E-state index contributed by atoms with van der Waals surface area (Å²) in [5.41, 5.74) is 1.61. The normalized spacial score (nSPS) is 20.6. The highest BCUT2D eigenvalue weighted by molar-refractivity contribution is 5.96. The number of nitrogens with one attached hydrogen (secondary N) is 1. The molecule has 1 aromatic rings. The summed E-state index contributed by atoms with van der Waals surface area (Å²) in [5, 5.41) is 21.1. The van der Waals surface area contributed by atoms with Crippen LogP contribution in [0.25, 0.3) is 0 Å². The van der Waals surface area contributed by atoms with Crippen molar-refractivity contribution < 1.29 is 14.7 Å². The maximum absolute atomic E-state index is 12.3. The number of carboxylic acid groups (broad SMARTS) is 1. The molecule has 0 spiro atoms. The van der Waals surface area contributed by atoms with Crippen molar-refractivity contribution in [3.05, 3.63) is 41.5 Å². The smallest absolute Gasteiger partial charge is 0.307 e. The first-order valence-electron chi connectivity index (χ1n) is 6.73. The van der Waals surface area contributed by atoms with Crippen LogP contribution in [0.2, 0.25) is 0 Å². The summed E-state index contributed by atoms with van der Waals surface area (Å²) >= 11 is 0. The quantitative estimate of drug-likeness (QED) is 0.834. The maximum Gasteiger partial charge on any atom is 0.307 e. The molecule has 0 bridgehead atoms. The highest BCUT2D eigenvalue weighted by Gasteiger charge is 2.34. The molecule has 2 N–H and O–H groups in total. The van der Waals surface area contributed by atoms with Crippen LogP contribution in [-0.4, -0.2) is 17.0 Å². The van der Waals surface area contributed by atoms with Gasteiger partial charge < -0.3 is 10.4 Å². The SMILES string of the molecule is Cc1cccc(NC(=O)C2CC=CCC2C(=O)O)c1C#N. The van der Waals surface area contributed by atoms with Gasteiger partial charge in [-0.1, -0.05) is 24.3 Å². The standard InChI is InChI=1S/C16H16N2O3/c1-10-5-4-8-14(13(10)9-17)18-15(19)11-6-2-3-7-12(11)16(20)21/h2-5,8,11-12H,6-7H2,1H3,(H,18,19)(H,20,21). The number of anilines is 1. The van der Waals surface area contributed by atoms with Gasteiger partial charge in [0.1, 0.15) is 6.07 Å². The Hall–Kier alpha value is -2.61. The minimum absolute atomic E-state index is 0.353. The summed E-state index contributed by atoms with van der Waals surface area (Å²) in [6.45, 7) is 1.79. The fourth-order valence-corrected chi connectivity index (χ4v) is 2.52. The number of aryl methyl sites for hydroxylation is 1. The molecule has 21 heavy (non-hydrogen) atoms. The number of hydrogen-bond donors (Lipinski definition) is 2. The highest BCUT2D eigenvalue weighted by atomic mass is 16.4. The van der Waals surface area contributed by atoms with Crippen LogP contribution in [0.15, 0.2) is 30.4 Å². The average molecular weight is 284 g/mol. The van der Waals surface area contributed by atoms with E-state index in [1.54, 1.807) is 31.2 Å². The topological polar surface area (TPSA) is 90.2 Å². The second kappa shape index (κ2) is 6.23. The molecule has 0 saturated carbocycles. The lowest BCUT2D eigenvalue weighted by molar-refractivity contribution is -0.146. The summed E-state index contributed by atoms with van der Waals surface area (Å²) in [7, 11) is 0. The molecule has 0 saturated heterocycles. The number of carboxylic acids is 1. The minimum atomic E-state index is -0.968. The zero-order valence-corrected chi connectivity index (χ0v) is 11.7. The summed E-state index contributed by atoms with van der Waals surface area (Å²) < 4.78 is 0. The third-order valence-corrected chi connectivity index (χ3v) is 3.73. The Bertz CT molecular complexity index is 643. The molecule has 108 valence electrons. The number of carbonyl (C=O) groups is 2. The van der Waals surface area contributed by atoms with Crippen LogP contribution in [0.3, 0.4) is 0 Å². The maximum atomic E-state index is 12.3.